The van der Waals surface area contributed by atoms with Crippen LogP contribution in [0.3, 0.4) is 0 Å². The first-order valence-electron chi connectivity index (χ1n) is 6.22. The van der Waals surface area contributed by atoms with E-state index >= 15 is 0 Å². The highest BCUT2D eigenvalue weighted by atomic mass is 35.5. The van der Waals surface area contributed by atoms with Gasteiger partial charge in [-0.1, -0.05) is 23.7 Å². The molecule has 21 heavy (non-hydrogen) atoms. The molecule has 2 aromatic rings. The van der Waals surface area contributed by atoms with E-state index in [1.54, 1.807) is 36.4 Å². The van der Waals surface area contributed by atoms with E-state index in [-0.39, 0.29) is 4.90 Å². The van der Waals surface area contributed by atoms with Crippen molar-refractivity contribution in [2.45, 2.75) is 4.90 Å². The molecule has 3 N–H and O–H groups in total. The highest BCUT2D eigenvalue weighted by Crippen LogP contribution is 2.22. The number of anilines is 1. The Kier molecular flexibility index (Phi) is 5.06. The minimum Gasteiger partial charge on any atom is -0.492 e. The van der Waals surface area contributed by atoms with E-state index in [0.29, 0.717) is 29.6 Å². The van der Waals surface area contributed by atoms with Gasteiger partial charge >= 0.3 is 0 Å². The first kappa shape index (κ1) is 15.6. The van der Waals surface area contributed by atoms with E-state index in [1.165, 1.54) is 12.1 Å². The Morgan fingerprint density at radius 2 is 1.90 bits per heavy atom. The van der Waals surface area contributed by atoms with Crippen molar-refractivity contribution in [2.24, 2.45) is 5.73 Å². The molecule has 2 aromatic carbocycles. The monoisotopic (exact) mass is 326 g/mol. The van der Waals surface area contributed by atoms with Crippen LogP contribution >= 0.6 is 11.6 Å². The Morgan fingerprint density at radius 3 is 2.62 bits per heavy atom. The van der Waals surface area contributed by atoms with Crippen LogP contribution in [0.5, 0.6) is 5.75 Å². The Balaban J connectivity index is 2.20. The molecule has 0 aliphatic heterocycles. The van der Waals surface area contributed by atoms with E-state index in [9.17, 15) is 8.42 Å². The van der Waals surface area contributed by atoms with Gasteiger partial charge in [0, 0.05) is 17.6 Å². The summed E-state index contributed by atoms with van der Waals surface area (Å²) in [6.07, 6.45) is 0. The van der Waals surface area contributed by atoms with Crippen LogP contribution in [0.1, 0.15) is 0 Å². The molecule has 7 heteroatoms. The number of hydrogen-bond donors (Lipinski definition) is 2. The number of benzene rings is 2. The molecule has 0 bridgehead atoms. The molecule has 0 fully saturated rings. The predicted octanol–water partition coefficient (Wildman–Crippen LogP) is 2.48. The molecule has 0 aromatic heterocycles. The molecular formula is C14H15ClN2O3S. The van der Waals surface area contributed by atoms with Crippen LogP contribution < -0.4 is 15.2 Å². The van der Waals surface area contributed by atoms with Crippen molar-refractivity contribution in [3.8, 4) is 5.75 Å². The molecule has 0 heterocycles. The molecule has 0 unspecified atom stereocenters. The summed E-state index contributed by atoms with van der Waals surface area (Å²) >= 11 is 5.81. The van der Waals surface area contributed by atoms with Crippen LogP contribution in [0.25, 0.3) is 0 Å². The lowest BCUT2D eigenvalue weighted by molar-refractivity contribution is 0.328. The summed E-state index contributed by atoms with van der Waals surface area (Å²) in [6.45, 7) is 0.753. The SMILES string of the molecule is NCCOc1cccc(NS(=O)(=O)c2cccc(Cl)c2)c1. The number of sulfonamides is 1. The fourth-order valence-corrected chi connectivity index (χ4v) is 3.02. The zero-order valence-corrected chi connectivity index (χ0v) is 12.7. The predicted molar refractivity (Wildman–Crippen MR) is 83.3 cm³/mol. The fourth-order valence-electron chi connectivity index (χ4n) is 1.67. The minimum atomic E-state index is -3.69. The maximum atomic E-state index is 12.2. The van der Waals surface area contributed by atoms with Crippen molar-refractivity contribution in [2.75, 3.05) is 17.9 Å². The van der Waals surface area contributed by atoms with Gasteiger partial charge in [0.25, 0.3) is 10.0 Å². The van der Waals surface area contributed by atoms with Crippen molar-refractivity contribution < 1.29 is 13.2 Å². The molecule has 0 aliphatic rings. The fraction of sp³-hybridized carbons (Fsp3) is 0.143. The molecule has 0 aliphatic carbocycles. The van der Waals surface area contributed by atoms with Gasteiger partial charge in [0.05, 0.1) is 10.6 Å². The summed E-state index contributed by atoms with van der Waals surface area (Å²) in [5.74, 6) is 0.548. The lowest BCUT2D eigenvalue weighted by atomic mass is 10.3. The molecule has 0 saturated heterocycles. The standard InChI is InChI=1S/C14H15ClN2O3S/c15-11-3-1-6-14(9-11)21(18,19)17-12-4-2-5-13(10-12)20-8-7-16/h1-6,9-10,17H,7-8,16H2. The lowest BCUT2D eigenvalue weighted by Gasteiger charge is -2.10. The van der Waals surface area contributed by atoms with Gasteiger partial charge in [0.1, 0.15) is 12.4 Å². The lowest BCUT2D eigenvalue weighted by Crippen LogP contribution is -2.13. The molecule has 0 atom stereocenters. The number of hydrogen-bond acceptors (Lipinski definition) is 4. The molecule has 112 valence electrons. The van der Waals surface area contributed by atoms with Crippen LogP contribution in [0.4, 0.5) is 5.69 Å². The summed E-state index contributed by atoms with van der Waals surface area (Å²) in [5, 5.41) is 0.359. The Bertz CT molecular complexity index is 720. The summed E-state index contributed by atoms with van der Waals surface area (Å²) in [5.41, 5.74) is 5.76. The second-order valence-electron chi connectivity index (χ2n) is 4.23. The highest BCUT2D eigenvalue weighted by molar-refractivity contribution is 7.92. The Hall–Kier alpha value is -1.76. The number of ether oxygens (including phenoxy) is 1. The first-order valence-corrected chi connectivity index (χ1v) is 8.09. The van der Waals surface area contributed by atoms with Gasteiger partial charge in [-0.2, -0.15) is 0 Å². The molecule has 0 saturated carbocycles. The quantitative estimate of drug-likeness (QED) is 0.854. The third kappa shape index (κ3) is 4.35. The molecule has 2 rings (SSSR count). The Labute approximate surface area is 128 Å². The number of nitrogens with two attached hydrogens (primary N) is 1. The maximum Gasteiger partial charge on any atom is 0.261 e. The molecule has 0 radical (unpaired) electrons. The first-order chi connectivity index (χ1) is 10.0. The minimum absolute atomic E-state index is 0.100. The van der Waals surface area contributed by atoms with E-state index in [0.717, 1.165) is 0 Å². The van der Waals surface area contributed by atoms with Crippen LogP contribution in [0.2, 0.25) is 5.02 Å². The second-order valence-corrected chi connectivity index (χ2v) is 6.35. The smallest absolute Gasteiger partial charge is 0.261 e. The third-order valence-electron chi connectivity index (χ3n) is 2.58. The highest BCUT2D eigenvalue weighted by Gasteiger charge is 2.14. The van der Waals surface area contributed by atoms with Crippen molar-refractivity contribution in [3.63, 3.8) is 0 Å². The second kappa shape index (κ2) is 6.80. The average molecular weight is 327 g/mol. The van der Waals surface area contributed by atoms with Crippen LogP contribution in [-0.2, 0) is 10.0 Å². The van der Waals surface area contributed by atoms with Gasteiger partial charge in [-0.3, -0.25) is 4.72 Å². The van der Waals surface area contributed by atoms with E-state index in [2.05, 4.69) is 4.72 Å². The molecular weight excluding hydrogens is 312 g/mol. The van der Waals surface area contributed by atoms with Crippen molar-refractivity contribution in [1.82, 2.24) is 0 Å². The number of halogens is 1. The average Bonchev–Trinajstić information content (AvgIpc) is 2.45. The van der Waals surface area contributed by atoms with Crippen LogP contribution in [0, 0.1) is 0 Å². The normalized spacial score (nSPS) is 11.1. The van der Waals surface area contributed by atoms with Gasteiger partial charge in [-0.05, 0) is 30.3 Å². The van der Waals surface area contributed by atoms with Gasteiger partial charge in [0.2, 0.25) is 0 Å². The number of rotatable bonds is 6. The van der Waals surface area contributed by atoms with Gasteiger partial charge in [-0.15, -0.1) is 0 Å². The summed E-state index contributed by atoms with van der Waals surface area (Å²) in [7, 11) is -3.69. The summed E-state index contributed by atoms with van der Waals surface area (Å²) in [6, 6.07) is 12.7. The van der Waals surface area contributed by atoms with Crippen molar-refractivity contribution in [1.29, 1.82) is 0 Å². The summed E-state index contributed by atoms with van der Waals surface area (Å²) < 4.78 is 32.3. The van der Waals surface area contributed by atoms with Crippen molar-refractivity contribution >= 4 is 27.3 Å². The zero-order valence-electron chi connectivity index (χ0n) is 11.1. The largest absolute Gasteiger partial charge is 0.492 e. The van der Waals surface area contributed by atoms with Crippen LogP contribution in [0.15, 0.2) is 53.4 Å². The Morgan fingerprint density at radius 1 is 1.14 bits per heavy atom. The van der Waals surface area contributed by atoms with E-state index in [4.69, 9.17) is 22.1 Å². The van der Waals surface area contributed by atoms with Crippen molar-refractivity contribution in [3.05, 3.63) is 53.6 Å². The molecule has 5 nitrogen and oxygen atoms in total. The van der Waals surface area contributed by atoms with Gasteiger partial charge < -0.3 is 10.5 Å². The summed E-state index contributed by atoms with van der Waals surface area (Å²) in [4.78, 5) is 0.100. The van der Waals surface area contributed by atoms with Crippen LogP contribution in [-0.4, -0.2) is 21.6 Å². The third-order valence-corrected chi connectivity index (χ3v) is 4.19. The van der Waals surface area contributed by atoms with E-state index in [1.807, 2.05) is 0 Å². The maximum absolute atomic E-state index is 12.2. The topological polar surface area (TPSA) is 81.4 Å². The molecule has 0 spiro atoms. The number of nitrogens with one attached hydrogen (secondary N) is 1. The van der Waals surface area contributed by atoms with Gasteiger partial charge in [-0.25, -0.2) is 8.42 Å². The van der Waals surface area contributed by atoms with Gasteiger partial charge in [0.15, 0.2) is 0 Å². The van der Waals surface area contributed by atoms with E-state index < -0.39 is 10.0 Å². The zero-order chi connectivity index (χ0) is 15.3. The molecule has 0 amide bonds.